The summed E-state index contributed by atoms with van der Waals surface area (Å²) >= 11 is 0. The summed E-state index contributed by atoms with van der Waals surface area (Å²) < 4.78 is 21.0. The van der Waals surface area contributed by atoms with Gasteiger partial charge in [-0.05, 0) is 76.0 Å². The Morgan fingerprint density at radius 2 is 1.08 bits per heavy atom. The Bertz CT molecular complexity index is 775. The largest absolute Gasteiger partial charge is 0.481 e. The van der Waals surface area contributed by atoms with Crippen molar-refractivity contribution in [3.05, 3.63) is 0 Å². The summed E-state index contributed by atoms with van der Waals surface area (Å²) in [6, 6.07) is 0. The van der Waals surface area contributed by atoms with Crippen molar-refractivity contribution in [3.8, 4) is 0 Å². The Morgan fingerprint density at radius 3 is 1.39 bits per heavy atom. The Labute approximate surface area is 224 Å². The van der Waals surface area contributed by atoms with Gasteiger partial charge in [0.25, 0.3) is 0 Å². The zero-order valence-corrected chi connectivity index (χ0v) is 23.0. The van der Waals surface area contributed by atoms with Crippen LogP contribution in [0.5, 0.6) is 0 Å². The first-order valence-corrected chi connectivity index (χ1v) is 14.0. The molecule has 216 valence electrons. The molecule has 0 aromatic heterocycles. The first kappa shape index (κ1) is 30.3. The molecule has 2 saturated heterocycles. The van der Waals surface area contributed by atoms with Gasteiger partial charge in [0, 0.05) is 0 Å². The summed E-state index contributed by atoms with van der Waals surface area (Å²) in [5, 5.41) is 18.9. The number of methoxy groups -OCH3 is 2. The highest BCUT2D eigenvalue weighted by Crippen LogP contribution is 2.46. The summed E-state index contributed by atoms with van der Waals surface area (Å²) in [6.45, 7) is 3.97. The predicted octanol–water partition coefficient (Wildman–Crippen LogP) is 3.69. The lowest BCUT2D eigenvalue weighted by Crippen LogP contribution is -2.43. The van der Waals surface area contributed by atoms with Gasteiger partial charge in [-0.1, -0.05) is 12.8 Å². The smallest absolute Gasteiger partial charge is 0.307 e. The van der Waals surface area contributed by atoms with Crippen LogP contribution in [0.1, 0.15) is 78.1 Å². The van der Waals surface area contributed by atoms with Gasteiger partial charge in [0.2, 0.25) is 0 Å². The molecular formula is C28H44O10. The Hall–Kier alpha value is -2.20. The van der Waals surface area contributed by atoms with Gasteiger partial charge in [0.05, 0.1) is 63.3 Å². The molecule has 2 N–H and O–H groups in total. The van der Waals surface area contributed by atoms with E-state index < -0.39 is 35.7 Å². The molecule has 4 fully saturated rings. The summed E-state index contributed by atoms with van der Waals surface area (Å²) in [4.78, 5) is 45.8. The van der Waals surface area contributed by atoms with Crippen LogP contribution >= 0.6 is 0 Å². The number of carboxylic acids is 2. The highest BCUT2D eigenvalue weighted by molar-refractivity contribution is 5.79. The third-order valence-corrected chi connectivity index (χ3v) is 9.03. The number of carboxylic acid groups (broad SMARTS) is 2. The summed E-state index contributed by atoms with van der Waals surface area (Å²) in [7, 11) is 2.60. The summed E-state index contributed by atoms with van der Waals surface area (Å²) in [6.07, 6.45) is 8.07. The second-order valence-electron chi connectivity index (χ2n) is 11.4. The normalized spacial score (nSPS) is 35.5. The molecule has 2 aliphatic carbocycles. The molecule has 0 aromatic carbocycles. The molecule has 2 aliphatic heterocycles. The van der Waals surface area contributed by atoms with E-state index in [0.29, 0.717) is 0 Å². The van der Waals surface area contributed by atoms with Crippen LogP contribution in [0.2, 0.25) is 0 Å². The number of hydrogen-bond acceptors (Lipinski definition) is 8. The van der Waals surface area contributed by atoms with Crippen LogP contribution in [0.25, 0.3) is 0 Å². The van der Waals surface area contributed by atoms with E-state index in [1.165, 1.54) is 14.2 Å². The van der Waals surface area contributed by atoms with Gasteiger partial charge in [0.1, 0.15) is 0 Å². The van der Waals surface area contributed by atoms with Crippen LogP contribution < -0.4 is 0 Å². The molecule has 0 aromatic rings. The fraction of sp³-hybridized carbons (Fsp3) is 0.857. The van der Waals surface area contributed by atoms with Crippen molar-refractivity contribution >= 4 is 23.9 Å². The number of rotatable bonds is 8. The maximum atomic E-state index is 11.5. The van der Waals surface area contributed by atoms with Gasteiger partial charge >= 0.3 is 23.9 Å². The number of fused-ring (bicyclic) bond motifs is 2. The predicted molar refractivity (Wildman–Crippen MR) is 135 cm³/mol. The van der Waals surface area contributed by atoms with E-state index >= 15 is 0 Å². The molecule has 10 nitrogen and oxygen atoms in total. The molecule has 4 rings (SSSR count). The Balaban J connectivity index is 0.000000211. The molecule has 10 heteroatoms. The van der Waals surface area contributed by atoms with Crippen LogP contribution in [0.15, 0.2) is 0 Å². The number of carbonyl (C=O) groups excluding carboxylic acids is 2. The molecule has 0 amide bonds. The van der Waals surface area contributed by atoms with E-state index in [9.17, 15) is 29.4 Å². The first-order chi connectivity index (χ1) is 18.0. The van der Waals surface area contributed by atoms with E-state index in [-0.39, 0.29) is 60.9 Å². The molecule has 2 unspecified atom stereocenters. The van der Waals surface area contributed by atoms with E-state index in [1.807, 2.05) is 13.8 Å². The fourth-order valence-electron chi connectivity index (χ4n) is 7.35. The van der Waals surface area contributed by atoms with Crippen molar-refractivity contribution in [2.75, 3.05) is 14.2 Å². The lowest BCUT2D eigenvalue weighted by Gasteiger charge is -2.40. The topological polar surface area (TPSA) is 146 Å². The fourth-order valence-corrected chi connectivity index (χ4v) is 7.35. The third kappa shape index (κ3) is 7.46. The first-order valence-electron chi connectivity index (χ1n) is 14.0. The van der Waals surface area contributed by atoms with Gasteiger partial charge in [-0.25, -0.2) is 0 Å². The highest BCUT2D eigenvalue weighted by Gasteiger charge is 2.47. The molecule has 38 heavy (non-hydrogen) atoms. The SMILES string of the molecule is COC(=O)C[C@H](C(=O)O)C1C[C@@H](C)O[C@H]2CCC[C@@H]12.COC(=O)C[C@H](C(=O)O)C1C[C@@H](C)O[C@H]2CCC[C@@H]12. The molecule has 2 saturated carbocycles. The maximum absolute atomic E-state index is 11.5. The van der Waals surface area contributed by atoms with Crippen molar-refractivity contribution in [1.82, 2.24) is 0 Å². The average Bonchev–Trinajstić information content (AvgIpc) is 3.54. The molecular weight excluding hydrogens is 496 g/mol. The molecule has 0 bridgehead atoms. The second-order valence-corrected chi connectivity index (χ2v) is 11.4. The monoisotopic (exact) mass is 540 g/mol. The standard InChI is InChI=1S/2C14H22O5/c2*1-8-6-10(9-4-3-5-12(9)19-8)11(14(16)17)7-13(15)18-2/h2*8-12H,3-7H2,1-2H3,(H,16,17)/t2*8-,9+,10?,11+,12+/m11/s1. The Kier molecular flexibility index (Phi) is 11.0. The highest BCUT2D eigenvalue weighted by atomic mass is 16.5. The van der Waals surface area contributed by atoms with Gasteiger partial charge in [-0.15, -0.1) is 0 Å². The van der Waals surface area contributed by atoms with E-state index in [2.05, 4.69) is 9.47 Å². The zero-order chi connectivity index (χ0) is 28.0. The van der Waals surface area contributed by atoms with E-state index in [1.54, 1.807) is 0 Å². The lowest BCUT2D eigenvalue weighted by atomic mass is 9.73. The van der Waals surface area contributed by atoms with Crippen molar-refractivity contribution in [2.24, 2.45) is 35.5 Å². The van der Waals surface area contributed by atoms with Crippen LogP contribution in [0, 0.1) is 35.5 Å². The molecule has 10 atom stereocenters. The minimum Gasteiger partial charge on any atom is -0.481 e. The second kappa shape index (κ2) is 13.7. The van der Waals surface area contributed by atoms with Gasteiger partial charge in [0.15, 0.2) is 0 Å². The number of hydrogen-bond donors (Lipinski definition) is 2. The van der Waals surface area contributed by atoms with Crippen molar-refractivity contribution in [3.63, 3.8) is 0 Å². The lowest BCUT2D eigenvalue weighted by molar-refractivity contribution is -0.159. The van der Waals surface area contributed by atoms with Crippen molar-refractivity contribution in [2.45, 2.75) is 102 Å². The van der Waals surface area contributed by atoms with Crippen LogP contribution in [-0.2, 0) is 38.1 Å². The molecule has 2 heterocycles. The quantitative estimate of drug-likeness (QED) is 0.437. The minimum absolute atomic E-state index is 0.0212. The number of carbonyl (C=O) groups is 4. The minimum atomic E-state index is -0.893. The maximum Gasteiger partial charge on any atom is 0.307 e. The van der Waals surface area contributed by atoms with E-state index in [0.717, 1.165) is 51.4 Å². The number of esters is 2. The Morgan fingerprint density at radius 1 is 0.711 bits per heavy atom. The van der Waals surface area contributed by atoms with Gasteiger partial charge in [-0.2, -0.15) is 0 Å². The number of aliphatic carboxylic acids is 2. The van der Waals surface area contributed by atoms with Crippen molar-refractivity contribution < 1.29 is 48.3 Å². The van der Waals surface area contributed by atoms with Gasteiger partial charge in [-0.3, -0.25) is 19.2 Å². The average molecular weight is 541 g/mol. The van der Waals surface area contributed by atoms with E-state index in [4.69, 9.17) is 9.47 Å². The number of ether oxygens (including phenoxy) is 4. The molecule has 4 aliphatic rings. The van der Waals surface area contributed by atoms with Crippen LogP contribution in [0.3, 0.4) is 0 Å². The summed E-state index contributed by atoms with van der Waals surface area (Å²) in [5.74, 6) is -3.37. The third-order valence-electron chi connectivity index (χ3n) is 9.03. The van der Waals surface area contributed by atoms with Crippen LogP contribution in [-0.4, -0.2) is 72.7 Å². The van der Waals surface area contributed by atoms with Crippen molar-refractivity contribution in [1.29, 1.82) is 0 Å². The van der Waals surface area contributed by atoms with Gasteiger partial charge < -0.3 is 29.2 Å². The molecule has 0 radical (unpaired) electrons. The zero-order valence-electron chi connectivity index (χ0n) is 23.0. The summed E-state index contributed by atoms with van der Waals surface area (Å²) in [5.41, 5.74) is 0. The molecule has 0 spiro atoms. The van der Waals surface area contributed by atoms with Crippen LogP contribution in [0.4, 0.5) is 0 Å².